The first-order valence-electron chi connectivity index (χ1n) is 9.39. The lowest BCUT2D eigenvalue weighted by molar-refractivity contribution is 0.586. The van der Waals surface area contributed by atoms with Crippen LogP contribution in [0.1, 0.15) is 11.1 Å². The molecule has 11 heteroatoms. The molecule has 32 heavy (non-hydrogen) atoms. The van der Waals surface area contributed by atoms with Gasteiger partial charge in [0.1, 0.15) is 11.6 Å². The Bertz CT molecular complexity index is 1250. The Balaban J connectivity index is 1.34. The van der Waals surface area contributed by atoms with Crippen molar-refractivity contribution in [2.75, 3.05) is 10.6 Å². The van der Waals surface area contributed by atoms with Gasteiger partial charge in [-0.15, -0.1) is 0 Å². The highest BCUT2D eigenvalue weighted by molar-refractivity contribution is 7.80. The van der Waals surface area contributed by atoms with E-state index < -0.39 is 11.6 Å². The number of hydrogen-bond donors (Lipinski definition) is 2. The molecule has 0 saturated carbocycles. The van der Waals surface area contributed by atoms with Crippen molar-refractivity contribution in [2.45, 2.75) is 13.1 Å². The maximum absolute atomic E-state index is 14.0. The monoisotopic (exact) mass is 492 g/mol. The van der Waals surface area contributed by atoms with E-state index >= 15 is 0 Å². The second-order valence-corrected chi connectivity index (χ2v) is 8.03. The third kappa shape index (κ3) is 5.42. The second-order valence-electron chi connectivity index (χ2n) is 6.81. The molecule has 0 unspecified atom stereocenters. The standard InChI is InChI=1S/C21H16Cl2F2N6S/c22-16-2-1-3-18(25)15(16)12-31-9-7-20(29-31)27-21(32)26-19-6-8-30(28-19)11-13-4-5-14(24)10-17(13)23/h1-10H,11-12H2,(H2,26,27,28,29,32). The number of halogens is 4. The van der Waals surface area contributed by atoms with Crippen molar-refractivity contribution in [2.24, 2.45) is 0 Å². The molecule has 2 N–H and O–H groups in total. The third-order valence-electron chi connectivity index (χ3n) is 4.49. The van der Waals surface area contributed by atoms with Crippen LogP contribution in [0, 0.1) is 11.6 Å². The highest BCUT2D eigenvalue weighted by atomic mass is 35.5. The summed E-state index contributed by atoms with van der Waals surface area (Å²) in [5, 5.41) is 15.6. The van der Waals surface area contributed by atoms with Crippen molar-refractivity contribution in [1.82, 2.24) is 19.6 Å². The summed E-state index contributed by atoms with van der Waals surface area (Å²) in [7, 11) is 0. The van der Waals surface area contributed by atoms with E-state index in [0.717, 1.165) is 5.56 Å². The molecular formula is C21H16Cl2F2N6S. The predicted molar refractivity (Wildman–Crippen MR) is 125 cm³/mol. The zero-order valence-electron chi connectivity index (χ0n) is 16.4. The van der Waals surface area contributed by atoms with Crippen molar-refractivity contribution in [3.05, 3.63) is 93.7 Å². The van der Waals surface area contributed by atoms with Gasteiger partial charge in [0.25, 0.3) is 0 Å². The van der Waals surface area contributed by atoms with Crippen LogP contribution in [0.25, 0.3) is 0 Å². The molecule has 2 aromatic carbocycles. The zero-order chi connectivity index (χ0) is 22.7. The van der Waals surface area contributed by atoms with Gasteiger partial charge in [-0.1, -0.05) is 35.3 Å². The minimum absolute atomic E-state index is 0.184. The molecule has 0 bridgehead atoms. The number of benzene rings is 2. The molecule has 0 atom stereocenters. The van der Waals surface area contributed by atoms with E-state index in [9.17, 15) is 8.78 Å². The molecule has 0 radical (unpaired) electrons. The summed E-state index contributed by atoms with van der Waals surface area (Å²) in [6, 6.07) is 12.2. The first-order valence-corrected chi connectivity index (χ1v) is 10.6. The number of rotatable bonds is 6. The molecule has 6 nitrogen and oxygen atoms in total. The van der Waals surface area contributed by atoms with Gasteiger partial charge in [-0.2, -0.15) is 10.2 Å². The average Bonchev–Trinajstić information content (AvgIpc) is 3.36. The summed E-state index contributed by atoms with van der Waals surface area (Å²) in [6.45, 7) is 0.563. The largest absolute Gasteiger partial charge is 0.316 e. The normalized spacial score (nSPS) is 10.9. The summed E-state index contributed by atoms with van der Waals surface area (Å²) >= 11 is 17.4. The SMILES string of the molecule is Fc1ccc(Cn2ccc(NC(=S)Nc3ccn(Cc4c(F)cccc4Cl)n3)n2)c(Cl)c1. The molecule has 0 aliphatic heterocycles. The van der Waals surface area contributed by atoms with Crippen LogP contribution in [-0.4, -0.2) is 24.7 Å². The number of thiocarbonyl (C=S) groups is 1. The predicted octanol–water partition coefficient (Wildman–Crippen LogP) is 5.57. The molecule has 4 rings (SSSR count). The van der Waals surface area contributed by atoms with Gasteiger partial charge in [-0.05, 0) is 42.0 Å². The fourth-order valence-electron chi connectivity index (χ4n) is 2.97. The van der Waals surface area contributed by atoms with E-state index in [2.05, 4.69) is 20.8 Å². The van der Waals surface area contributed by atoms with Gasteiger partial charge in [0.05, 0.1) is 13.1 Å². The fourth-order valence-corrected chi connectivity index (χ4v) is 3.63. The summed E-state index contributed by atoms with van der Waals surface area (Å²) in [5.74, 6) is 0.209. The van der Waals surface area contributed by atoms with Gasteiger partial charge < -0.3 is 10.6 Å². The minimum Gasteiger partial charge on any atom is -0.316 e. The average molecular weight is 493 g/mol. The van der Waals surface area contributed by atoms with E-state index in [4.69, 9.17) is 35.4 Å². The van der Waals surface area contributed by atoms with E-state index in [1.165, 1.54) is 18.2 Å². The Morgan fingerprint density at radius 3 is 2.16 bits per heavy atom. The fraction of sp³-hybridized carbons (Fsp3) is 0.0952. The summed E-state index contributed by atoms with van der Waals surface area (Å²) in [4.78, 5) is 0. The lowest BCUT2D eigenvalue weighted by Crippen LogP contribution is -2.20. The van der Waals surface area contributed by atoms with Gasteiger partial charge >= 0.3 is 0 Å². The van der Waals surface area contributed by atoms with Crippen LogP contribution in [-0.2, 0) is 13.1 Å². The molecule has 0 spiro atoms. The third-order valence-corrected chi connectivity index (χ3v) is 5.40. The van der Waals surface area contributed by atoms with Gasteiger partial charge in [0.15, 0.2) is 16.7 Å². The molecule has 2 aromatic heterocycles. The molecule has 0 amide bonds. The summed E-state index contributed by atoms with van der Waals surface area (Å²) in [6.07, 6.45) is 3.44. The molecule has 2 heterocycles. The van der Waals surface area contributed by atoms with Gasteiger partial charge in [0.2, 0.25) is 0 Å². The molecule has 0 fully saturated rings. The Morgan fingerprint density at radius 1 is 0.875 bits per heavy atom. The van der Waals surface area contributed by atoms with Crippen LogP contribution < -0.4 is 10.6 Å². The first-order chi connectivity index (χ1) is 15.4. The van der Waals surface area contributed by atoms with Crippen LogP contribution in [0.3, 0.4) is 0 Å². The van der Waals surface area contributed by atoms with Gasteiger partial charge in [-0.25, -0.2) is 8.78 Å². The lowest BCUT2D eigenvalue weighted by Gasteiger charge is -2.08. The zero-order valence-corrected chi connectivity index (χ0v) is 18.7. The Labute approximate surface area is 197 Å². The van der Waals surface area contributed by atoms with Crippen LogP contribution in [0.2, 0.25) is 10.0 Å². The number of nitrogens with one attached hydrogen (secondary N) is 2. The van der Waals surface area contributed by atoms with Crippen molar-refractivity contribution in [3.63, 3.8) is 0 Å². The Hall–Kier alpha value is -3.01. The smallest absolute Gasteiger partial charge is 0.177 e. The quantitative estimate of drug-likeness (QED) is 0.344. The molecule has 0 aliphatic rings. The van der Waals surface area contributed by atoms with Gasteiger partial charge in [0, 0.05) is 40.1 Å². The molecular weight excluding hydrogens is 477 g/mol. The molecule has 4 aromatic rings. The van der Waals surface area contributed by atoms with Crippen molar-refractivity contribution < 1.29 is 8.78 Å². The number of anilines is 2. The Kier molecular flexibility index (Phi) is 6.69. The van der Waals surface area contributed by atoms with Crippen LogP contribution in [0.5, 0.6) is 0 Å². The Morgan fingerprint density at radius 2 is 1.53 bits per heavy atom. The summed E-state index contributed by atoms with van der Waals surface area (Å²) in [5.41, 5.74) is 1.10. The number of nitrogens with zero attached hydrogens (tertiary/aromatic N) is 4. The summed E-state index contributed by atoms with van der Waals surface area (Å²) < 4.78 is 30.4. The van der Waals surface area contributed by atoms with E-state index in [1.54, 1.807) is 52.1 Å². The number of hydrogen-bond acceptors (Lipinski definition) is 3. The maximum atomic E-state index is 14.0. The molecule has 164 valence electrons. The highest BCUT2D eigenvalue weighted by Crippen LogP contribution is 2.21. The van der Waals surface area contributed by atoms with E-state index in [0.29, 0.717) is 33.8 Å². The van der Waals surface area contributed by atoms with E-state index in [1.807, 2.05) is 0 Å². The lowest BCUT2D eigenvalue weighted by atomic mass is 10.2. The van der Waals surface area contributed by atoms with Crippen molar-refractivity contribution in [1.29, 1.82) is 0 Å². The van der Waals surface area contributed by atoms with Crippen molar-refractivity contribution in [3.8, 4) is 0 Å². The topological polar surface area (TPSA) is 59.7 Å². The van der Waals surface area contributed by atoms with Gasteiger partial charge in [-0.3, -0.25) is 9.36 Å². The van der Waals surface area contributed by atoms with Crippen LogP contribution in [0.15, 0.2) is 60.9 Å². The second kappa shape index (κ2) is 9.64. The number of aromatic nitrogens is 4. The van der Waals surface area contributed by atoms with E-state index in [-0.39, 0.29) is 11.7 Å². The van der Waals surface area contributed by atoms with Crippen molar-refractivity contribution >= 4 is 52.2 Å². The van der Waals surface area contributed by atoms with Crippen LogP contribution in [0.4, 0.5) is 20.4 Å². The first kappa shape index (κ1) is 22.2. The molecule has 0 aliphatic carbocycles. The molecule has 0 saturated heterocycles. The highest BCUT2D eigenvalue weighted by Gasteiger charge is 2.10. The minimum atomic E-state index is -0.391. The maximum Gasteiger partial charge on any atom is 0.177 e. The van der Waals surface area contributed by atoms with Crippen LogP contribution >= 0.6 is 35.4 Å².